The lowest BCUT2D eigenvalue weighted by atomic mass is 9.79. The predicted octanol–water partition coefficient (Wildman–Crippen LogP) is 3.24. The Balaban J connectivity index is 2.29. The maximum atomic E-state index is 13.3. The van der Waals surface area contributed by atoms with Gasteiger partial charge in [-0.3, -0.25) is 4.79 Å². The summed E-state index contributed by atoms with van der Waals surface area (Å²) in [6.45, 7) is -0.266. The second-order valence-corrected chi connectivity index (χ2v) is 5.61. The van der Waals surface area contributed by atoms with Gasteiger partial charge >= 0.3 is 6.18 Å². The molecule has 110 valence electrons. The number of hydrogen-bond acceptors (Lipinski definition) is 2. The summed E-state index contributed by atoms with van der Waals surface area (Å²) in [7, 11) is 0. The molecule has 0 bridgehead atoms. The van der Waals surface area contributed by atoms with Gasteiger partial charge in [-0.05, 0) is 40.5 Å². The minimum atomic E-state index is -4.60. The van der Waals surface area contributed by atoms with E-state index in [4.69, 9.17) is 0 Å². The molecule has 1 heterocycles. The SMILES string of the molecule is O=C(Cc1cccc(F)c1Br)C1(C(F)(F)F)CCNC1. The van der Waals surface area contributed by atoms with Crippen LogP contribution in [0.1, 0.15) is 12.0 Å². The van der Waals surface area contributed by atoms with Crippen molar-refractivity contribution < 1.29 is 22.4 Å². The van der Waals surface area contributed by atoms with E-state index in [-0.39, 0.29) is 23.0 Å². The van der Waals surface area contributed by atoms with Gasteiger partial charge in [0.2, 0.25) is 0 Å². The Morgan fingerprint density at radius 1 is 1.40 bits per heavy atom. The van der Waals surface area contributed by atoms with Crippen molar-refractivity contribution in [2.24, 2.45) is 5.41 Å². The molecule has 1 aromatic rings. The van der Waals surface area contributed by atoms with Crippen molar-refractivity contribution in [3.8, 4) is 0 Å². The van der Waals surface area contributed by atoms with Crippen LogP contribution in [0.4, 0.5) is 17.6 Å². The van der Waals surface area contributed by atoms with E-state index in [9.17, 15) is 22.4 Å². The number of benzene rings is 1. The lowest BCUT2D eigenvalue weighted by molar-refractivity contribution is -0.214. The van der Waals surface area contributed by atoms with Gasteiger partial charge in [0.25, 0.3) is 0 Å². The van der Waals surface area contributed by atoms with Crippen molar-refractivity contribution >= 4 is 21.7 Å². The number of carbonyl (C=O) groups is 1. The van der Waals surface area contributed by atoms with Crippen molar-refractivity contribution in [2.45, 2.75) is 19.0 Å². The number of ketones is 1. The maximum Gasteiger partial charge on any atom is 0.402 e. The average Bonchev–Trinajstić information content (AvgIpc) is 2.85. The number of halogens is 5. The van der Waals surface area contributed by atoms with Crippen LogP contribution in [0.5, 0.6) is 0 Å². The molecule has 1 fully saturated rings. The highest BCUT2D eigenvalue weighted by Gasteiger charge is 2.60. The fourth-order valence-corrected chi connectivity index (χ4v) is 2.76. The second kappa shape index (κ2) is 5.44. The van der Waals surface area contributed by atoms with Crippen LogP contribution < -0.4 is 5.32 Å². The normalized spacial score (nSPS) is 23.1. The molecule has 0 spiro atoms. The smallest absolute Gasteiger partial charge is 0.315 e. The monoisotopic (exact) mass is 353 g/mol. The van der Waals surface area contributed by atoms with Gasteiger partial charge in [-0.1, -0.05) is 12.1 Å². The number of carbonyl (C=O) groups excluding carboxylic acids is 1. The van der Waals surface area contributed by atoms with Crippen molar-refractivity contribution in [2.75, 3.05) is 13.1 Å². The summed E-state index contributed by atoms with van der Waals surface area (Å²) in [6, 6.07) is 3.99. The Morgan fingerprint density at radius 3 is 2.65 bits per heavy atom. The first-order chi connectivity index (χ1) is 9.28. The van der Waals surface area contributed by atoms with Gasteiger partial charge in [0, 0.05) is 13.0 Å². The van der Waals surface area contributed by atoms with Crippen LogP contribution in [0.2, 0.25) is 0 Å². The molecule has 2 nitrogen and oxygen atoms in total. The summed E-state index contributed by atoms with van der Waals surface area (Å²) in [5, 5.41) is 2.59. The predicted molar refractivity (Wildman–Crippen MR) is 68.8 cm³/mol. The summed E-state index contributed by atoms with van der Waals surface area (Å²) in [5.41, 5.74) is -2.14. The number of hydrogen-bond donors (Lipinski definition) is 1. The molecule has 2 rings (SSSR count). The number of rotatable bonds is 3. The summed E-state index contributed by atoms with van der Waals surface area (Å²) in [5.74, 6) is -1.53. The Morgan fingerprint density at radius 2 is 2.10 bits per heavy atom. The zero-order chi connectivity index (χ0) is 15.0. The molecule has 1 aromatic carbocycles. The Bertz CT molecular complexity index is 524. The summed E-state index contributed by atoms with van der Waals surface area (Å²) >= 11 is 2.96. The molecule has 0 saturated carbocycles. The second-order valence-electron chi connectivity index (χ2n) is 4.82. The molecular formula is C13H12BrF4NO. The summed E-state index contributed by atoms with van der Waals surface area (Å²) < 4.78 is 53.0. The van der Waals surface area contributed by atoms with Crippen molar-refractivity contribution in [3.05, 3.63) is 34.1 Å². The van der Waals surface area contributed by atoms with Gasteiger partial charge < -0.3 is 5.32 Å². The van der Waals surface area contributed by atoms with Gasteiger partial charge in [0.1, 0.15) is 11.2 Å². The third-order valence-electron chi connectivity index (χ3n) is 3.61. The highest BCUT2D eigenvalue weighted by molar-refractivity contribution is 9.10. The highest BCUT2D eigenvalue weighted by atomic mass is 79.9. The minimum absolute atomic E-state index is 0.0385. The van der Waals surface area contributed by atoms with Crippen LogP contribution in [0.3, 0.4) is 0 Å². The van der Waals surface area contributed by atoms with E-state index in [1.54, 1.807) is 0 Å². The van der Waals surface area contributed by atoms with Gasteiger partial charge in [-0.15, -0.1) is 0 Å². The number of nitrogens with one attached hydrogen (secondary N) is 1. The molecule has 1 atom stereocenters. The van der Waals surface area contributed by atoms with E-state index in [2.05, 4.69) is 21.2 Å². The van der Waals surface area contributed by atoms with Gasteiger partial charge in [-0.2, -0.15) is 13.2 Å². The molecule has 0 radical (unpaired) electrons. The Kier molecular flexibility index (Phi) is 4.20. The standard InChI is InChI=1S/C13H12BrF4NO/c14-11-8(2-1-3-9(11)15)6-10(20)12(13(16,17)18)4-5-19-7-12/h1-3,19H,4-7H2. The molecule has 1 aliphatic rings. The van der Waals surface area contributed by atoms with Gasteiger partial charge in [-0.25, -0.2) is 4.39 Å². The average molecular weight is 354 g/mol. The molecule has 1 N–H and O–H groups in total. The van der Waals surface area contributed by atoms with Crippen LogP contribution in [-0.2, 0) is 11.2 Å². The van der Waals surface area contributed by atoms with E-state index >= 15 is 0 Å². The quantitative estimate of drug-likeness (QED) is 0.845. The number of Topliss-reactive ketones (excluding diaryl/α,β-unsaturated/α-hetero) is 1. The van der Waals surface area contributed by atoms with E-state index in [0.717, 1.165) is 0 Å². The van der Waals surface area contributed by atoms with E-state index in [1.807, 2.05) is 0 Å². The molecule has 0 aromatic heterocycles. The summed E-state index contributed by atoms with van der Waals surface area (Å²) in [6.07, 6.45) is -5.32. The zero-order valence-corrected chi connectivity index (χ0v) is 11.9. The lowest BCUT2D eigenvalue weighted by Crippen LogP contribution is -2.47. The van der Waals surface area contributed by atoms with Crippen LogP contribution >= 0.6 is 15.9 Å². The van der Waals surface area contributed by atoms with Crippen molar-refractivity contribution in [1.82, 2.24) is 5.32 Å². The van der Waals surface area contributed by atoms with Crippen LogP contribution in [0, 0.1) is 11.2 Å². The first-order valence-corrected chi connectivity index (χ1v) is 6.81. The highest BCUT2D eigenvalue weighted by Crippen LogP contribution is 2.44. The van der Waals surface area contributed by atoms with Crippen LogP contribution in [-0.4, -0.2) is 25.0 Å². The zero-order valence-electron chi connectivity index (χ0n) is 10.4. The first kappa shape index (κ1) is 15.4. The fraction of sp³-hybridized carbons (Fsp3) is 0.462. The third-order valence-corrected chi connectivity index (χ3v) is 4.50. The molecule has 0 aliphatic carbocycles. The maximum absolute atomic E-state index is 13.3. The molecule has 7 heteroatoms. The topological polar surface area (TPSA) is 29.1 Å². The molecule has 1 saturated heterocycles. The van der Waals surface area contributed by atoms with Gasteiger partial charge in [0.05, 0.1) is 4.47 Å². The largest absolute Gasteiger partial charge is 0.402 e. The molecule has 1 aliphatic heterocycles. The van der Waals surface area contributed by atoms with Crippen molar-refractivity contribution in [3.63, 3.8) is 0 Å². The van der Waals surface area contributed by atoms with E-state index in [0.29, 0.717) is 0 Å². The summed E-state index contributed by atoms with van der Waals surface area (Å²) in [4.78, 5) is 12.1. The van der Waals surface area contributed by atoms with E-state index < -0.39 is 36.2 Å². The number of alkyl halides is 3. The minimum Gasteiger partial charge on any atom is -0.315 e. The van der Waals surface area contributed by atoms with Crippen LogP contribution in [0.25, 0.3) is 0 Å². The third kappa shape index (κ3) is 2.61. The van der Waals surface area contributed by atoms with Gasteiger partial charge in [0.15, 0.2) is 5.78 Å². The molecule has 0 amide bonds. The van der Waals surface area contributed by atoms with E-state index in [1.165, 1.54) is 18.2 Å². The lowest BCUT2D eigenvalue weighted by Gasteiger charge is -2.29. The molecular weight excluding hydrogens is 342 g/mol. The Hall–Kier alpha value is -0.950. The Labute approximate surface area is 121 Å². The fourth-order valence-electron chi connectivity index (χ4n) is 2.36. The van der Waals surface area contributed by atoms with Crippen molar-refractivity contribution in [1.29, 1.82) is 0 Å². The first-order valence-electron chi connectivity index (χ1n) is 6.01. The molecule has 1 unspecified atom stereocenters. The van der Waals surface area contributed by atoms with Crippen LogP contribution in [0.15, 0.2) is 22.7 Å². The molecule has 20 heavy (non-hydrogen) atoms.